The Morgan fingerprint density at radius 2 is 2.00 bits per heavy atom. The van der Waals surface area contributed by atoms with E-state index in [2.05, 4.69) is 5.32 Å². The number of hydrogen-bond acceptors (Lipinski definition) is 3. The van der Waals surface area contributed by atoms with Gasteiger partial charge in [0.2, 0.25) is 5.91 Å². The summed E-state index contributed by atoms with van der Waals surface area (Å²) in [5, 5.41) is 2.92. The summed E-state index contributed by atoms with van der Waals surface area (Å²) in [6.45, 7) is 3.14. The molecule has 2 aromatic rings. The van der Waals surface area contributed by atoms with Crippen LogP contribution in [0.4, 0.5) is 5.69 Å². The molecule has 1 aliphatic rings. The van der Waals surface area contributed by atoms with E-state index in [1.165, 1.54) is 0 Å². The lowest BCUT2D eigenvalue weighted by atomic mass is 9.97. The summed E-state index contributed by atoms with van der Waals surface area (Å²) in [6, 6.07) is 15.3. The fourth-order valence-electron chi connectivity index (χ4n) is 2.64. The van der Waals surface area contributed by atoms with Crippen LogP contribution in [-0.4, -0.2) is 19.1 Å². The van der Waals surface area contributed by atoms with Crippen molar-refractivity contribution >= 4 is 11.6 Å². The Bertz CT molecular complexity index is 652. The van der Waals surface area contributed by atoms with E-state index >= 15 is 0 Å². The van der Waals surface area contributed by atoms with Crippen LogP contribution in [0.15, 0.2) is 48.5 Å². The Hall–Kier alpha value is -2.49. The third-order valence-electron chi connectivity index (χ3n) is 3.68. The molecule has 0 spiro atoms. The molecule has 0 fully saturated rings. The van der Waals surface area contributed by atoms with E-state index in [1.807, 2.05) is 55.5 Å². The first-order chi connectivity index (χ1) is 10.8. The first-order valence-corrected chi connectivity index (χ1v) is 7.50. The minimum absolute atomic E-state index is 0.00513. The highest BCUT2D eigenvalue weighted by atomic mass is 16.5. The third kappa shape index (κ3) is 3.22. The maximum Gasteiger partial charge on any atom is 0.225 e. The van der Waals surface area contributed by atoms with Gasteiger partial charge in [0.05, 0.1) is 13.2 Å². The average Bonchev–Trinajstić information content (AvgIpc) is 2.93. The Balaban J connectivity index is 1.59. The lowest BCUT2D eigenvalue weighted by molar-refractivity contribution is -0.116. The van der Waals surface area contributed by atoms with Gasteiger partial charge in [-0.3, -0.25) is 4.79 Å². The molecular weight excluding hydrogens is 278 g/mol. The number of nitrogens with one attached hydrogen (secondary N) is 1. The summed E-state index contributed by atoms with van der Waals surface area (Å²) in [7, 11) is 0. The van der Waals surface area contributed by atoms with Gasteiger partial charge < -0.3 is 14.8 Å². The van der Waals surface area contributed by atoms with Gasteiger partial charge in [-0.25, -0.2) is 0 Å². The highest BCUT2D eigenvalue weighted by Crippen LogP contribution is 2.35. The average molecular weight is 297 g/mol. The van der Waals surface area contributed by atoms with Crippen molar-refractivity contribution in [3.05, 3.63) is 54.1 Å². The first-order valence-electron chi connectivity index (χ1n) is 7.50. The number of rotatable bonds is 5. The molecule has 0 bridgehead atoms. The Kier molecular flexibility index (Phi) is 4.28. The molecule has 0 aromatic heterocycles. The molecule has 1 unspecified atom stereocenters. The fraction of sp³-hybridized carbons (Fsp3) is 0.278. The van der Waals surface area contributed by atoms with Crippen molar-refractivity contribution in [3.63, 3.8) is 0 Å². The van der Waals surface area contributed by atoms with Crippen molar-refractivity contribution in [2.75, 3.05) is 18.5 Å². The minimum atomic E-state index is -0.00513. The fourth-order valence-corrected chi connectivity index (χ4v) is 2.64. The molecule has 22 heavy (non-hydrogen) atoms. The number of carbonyl (C=O) groups is 1. The quantitative estimate of drug-likeness (QED) is 0.917. The van der Waals surface area contributed by atoms with E-state index in [0.29, 0.717) is 19.6 Å². The Morgan fingerprint density at radius 1 is 1.23 bits per heavy atom. The highest BCUT2D eigenvalue weighted by Gasteiger charge is 2.25. The lowest BCUT2D eigenvalue weighted by Crippen LogP contribution is -2.16. The molecule has 1 amide bonds. The molecule has 1 atom stereocenters. The van der Waals surface area contributed by atoms with Crippen LogP contribution in [0.1, 0.15) is 24.8 Å². The number of para-hydroxylation sites is 1. The molecular formula is C18H19NO3. The first kappa shape index (κ1) is 14.4. The smallest absolute Gasteiger partial charge is 0.225 e. The van der Waals surface area contributed by atoms with Crippen molar-refractivity contribution in [2.45, 2.75) is 19.3 Å². The van der Waals surface area contributed by atoms with Gasteiger partial charge in [0.1, 0.15) is 11.5 Å². The van der Waals surface area contributed by atoms with E-state index in [-0.39, 0.29) is 11.8 Å². The van der Waals surface area contributed by atoms with Crippen molar-refractivity contribution in [2.24, 2.45) is 0 Å². The maximum atomic E-state index is 12.2. The summed E-state index contributed by atoms with van der Waals surface area (Å²) >= 11 is 0. The van der Waals surface area contributed by atoms with Crippen LogP contribution in [0.5, 0.6) is 11.5 Å². The molecule has 1 heterocycles. The van der Waals surface area contributed by atoms with E-state index in [4.69, 9.17) is 9.47 Å². The zero-order valence-electron chi connectivity index (χ0n) is 12.5. The van der Waals surface area contributed by atoms with Gasteiger partial charge >= 0.3 is 0 Å². The number of benzene rings is 2. The molecule has 4 heteroatoms. The summed E-state index contributed by atoms with van der Waals surface area (Å²) in [5.74, 6) is 1.81. The number of ether oxygens (including phenoxy) is 2. The topological polar surface area (TPSA) is 47.6 Å². The van der Waals surface area contributed by atoms with Crippen LogP contribution in [0.2, 0.25) is 0 Å². The number of fused-ring (bicyclic) bond motifs is 1. The van der Waals surface area contributed by atoms with Crippen LogP contribution in [0.25, 0.3) is 0 Å². The molecule has 0 saturated carbocycles. The lowest BCUT2D eigenvalue weighted by Gasteiger charge is -2.10. The van der Waals surface area contributed by atoms with Crippen molar-refractivity contribution in [1.29, 1.82) is 0 Å². The molecule has 0 radical (unpaired) electrons. The summed E-state index contributed by atoms with van der Waals surface area (Å²) in [6.07, 6.45) is 0.421. The van der Waals surface area contributed by atoms with Gasteiger partial charge in [0, 0.05) is 23.6 Å². The molecule has 114 valence electrons. The van der Waals surface area contributed by atoms with Gasteiger partial charge in [0.15, 0.2) is 0 Å². The minimum Gasteiger partial charge on any atom is -0.494 e. The van der Waals surface area contributed by atoms with Crippen molar-refractivity contribution < 1.29 is 14.3 Å². The Labute approximate surface area is 130 Å². The van der Waals surface area contributed by atoms with E-state index in [1.54, 1.807) is 0 Å². The van der Waals surface area contributed by atoms with E-state index in [0.717, 1.165) is 22.7 Å². The van der Waals surface area contributed by atoms with Crippen LogP contribution in [0, 0.1) is 0 Å². The van der Waals surface area contributed by atoms with Crippen LogP contribution in [0.3, 0.4) is 0 Å². The number of hydrogen-bond donors (Lipinski definition) is 1. The second-order valence-corrected chi connectivity index (χ2v) is 5.26. The second-order valence-electron chi connectivity index (χ2n) is 5.26. The summed E-state index contributed by atoms with van der Waals surface area (Å²) < 4.78 is 11.0. The van der Waals surface area contributed by atoms with Gasteiger partial charge in [-0.2, -0.15) is 0 Å². The highest BCUT2D eigenvalue weighted by molar-refractivity contribution is 5.91. The van der Waals surface area contributed by atoms with Crippen LogP contribution < -0.4 is 14.8 Å². The molecule has 3 rings (SSSR count). The molecule has 1 aliphatic heterocycles. The number of anilines is 1. The molecule has 1 N–H and O–H groups in total. The van der Waals surface area contributed by atoms with Crippen molar-refractivity contribution in [1.82, 2.24) is 0 Å². The molecule has 4 nitrogen and oxygen atoms in total. The predicted molar refractivity (Wildman–Crippen MR) is 85.5 cm³/mol. The van der Waals surface area contributed by atoms with Crippen molar-refractivity contribution in [3.8, 4) is 11.5 Å². The zero-order chi connectivity index (χ0) is 15.4. The predicted octanol–water partition coefficient (Wildman–Crippen LogP) is 3.59. The number of amides is 1. The van der Waals surface area contributed by atoms with Gasteiger partial charge in [-0.15, -0.1) is 0 Å². The Morgan fingerprint density at radius 3 is 2.77 bits per heavy atom. The summed E-state index contributed by atoms with van der Waals surface area (Å²) in [4.78, 5) is 12.2. The van der Waals surface area contributed by atoms with Crippen LogP contribution in [-0.2, 0) is 4.79 Å². The largest absolute Gasteiger partial charge is 0.494 e. The van der Waals surface area contributed by atoms with Gasteiger partial charge in [0.25, 0.3) is 0 Å². The van der Waals surface area contributed by atoms with Crippen LogP contribution >= 0.6 is 0 Å². The van der Waals surface area contributed by atoms with E-state index in [9.17, 15) is 4.79 Å². The second kappa shape index (κ2) is 6.52. The van der Waals surface area contributed by atoms with Gasteiger partial charge in [-0.1, -0.05) is 18.2 Å². The number of carbonyl (C=O) groups excluding carboxylic acids is 1. The standard InChI is InChI=1S/C18H19NO3/c1-2-21-15-9-7-14(8-10-15)19-18(20)11-13-12-22-17-6-4-3-5-16(13)17/h3-10,13H,2,11-12H2,1H3,(H,19,20). The van der Waals surface area contributed by atoms with E-state index < -0.39 is 0 Å². The summed E-state index contributed by atoms with van der Waals surface area (Å²) in [5.41, 5.74) is 1.89. The molecule has 2 aromatic carbocycles. The zero-order valence-corrected chi connectivity index (χ0v) is 12.5. The van der Waals surface area contributed by atoms with Gasteiger partial charge in [-0.05, 0) is 37.3 Å². The SMILES string of the molecule is CCOc1ccc(NC(=O)CC2COc3ccccc32)cc1. The molecule has 0 aliphatic carbocycles. The maximum absolute atomic E-state index is 12.2. The molecule has 0 saturated heterocycles. The monoisotopic (exact) mass is 297 g/mol. The third-order valence-corrected chi connectivity index (χ3v) is 3.68. The normalized spacial score (nSPS) is 15.8.